The zero-order chi connectivity index (χ0) is 12.3. The second-order valence-corrected chi connectivity index (χ2v) is 5.76. The SMILES string of the molecule is Clc1cccn2c3c(nc12)Cc1cc(Br)ccc1-3. The Balaban J connectivity index is 2.10. The molecule has 1 aromatic carbocycles. The van der Waals surface area contributed by atoms with E-state index in [2.05, 4.69) is 43.5 Å². The average Bonchev–Trinajstić information content (AvgIpc) is 2.85. The second-order valence-electron chi connectivity index (χ2n) is 4.44. The Hall–Kier alpha value is -1.32. The maximum absolute atomic E-state index is 6.18. The molecule has 3 aromatic rings. The van der Waals surface area contributed by atoms with Gasteiger partial charge in [-0.1, -0.05) is 33.6 Å². The number of hydrogen-bond acceptors (Lipinski definition) is 1. The molecule has 0 saturated heterocycles. The lowest BCUT2D eigenvalue weighted by Crippen LogP contribution is -1.89. The zero-order valence-electron chi connectivity index (χ0n) is 9.32. The molecule has 0 radical (unpaired) electrons. The van der Waals surface area contributed by atoms with Crippen LogP contribution in [-0.2, 0) is 6.42 Å². The molecule has 2 heterocycles. The fourth-order valence-electron chi connectivity index (χ4n) is 2.61. The summed E-state index contributed by atoms with van der Waals surface area (Å²) >= 11 is 9.70. The second kappa shape index (κ2) is 3.59. The lowest BCUT2D eigenvalue weighted by molar-refractivity contribution is 1.16. The summed E-state index contributed by atoms with van der Waals surface area (Å²) in [6, 6.07) is 10.2. The lowest BCUT2D eigenvalue weighted by atomic mass is 10.1. The van der Waals surface area contributed by atoms with Gasteiger partial charge in [-0.2, -0.15) is 0 Å². The van der Waals surface area contributed by atoms with Crippen LogP contribution in [0.25, 0.3) is 16.9 Å². The van der Waals surface area contributed by atoms with Crippen molar-refractivity contribution in [2.45, 2.75) is 6.42 Å². The van der Waals surface area contributed by atoms with Crippen molar-refractivity contribution in [2.75, 3.05) is 0 Å². The normalized spacial score (nSPS) is 12.8. The summed E-state index contributed by atoms with van der Waals surface area (Å²) in [5, 5.41) is 0.700. The molecule has 1 aliphatic rings. The van der Waals surface area contributed by atoms with Gasteiger partial charge in [0.2, 0.25) is 0 Å². The summed E-state index contributed by atoms with van der Waals surface area (Å²) in [6.45, 7) is 0. The van der Waals surface area contributed by atoms with Crippen molar-refractivity contribution < 1.29 is 0 Å². The lowest BCUT2D eigenvalue weighted by Gasteiger charge is -2.03. The number of rotatable bonds is 0. The number of fused-ring (bicyclic) bond motifs is 5. The van der Waals surface area contributed by atoms with Crippen LogP contribution in [0.1, 0.15) is 11.3 Å². The van der Waals surface area contributed by atoms with E-state index < -0.39 is 0 Å². The summed E-state index contributed by atoms with van der Waals surface area (Å²) in [5.41, 5.74) is 5.70. The minimum Gasteiger partial charge on any atom is -0.298 e. The van der Waals surface area contributed by atoms with Gasteiger partial charge in [-0.3, -0.25) is 4.40 Å². The number of aromatic nitrogens is 2. The van der Waals surface area contributed by atoms with Gasteiger partial charge in [0.25, 0.3) is 0 Å². The summed E-state index contributed by atoms with van der Waals surface area (Å²) in [6.07, 6.45) is 2.90. The molecular weight excluding hydrogens is 312 g/mol. The van der Waals surface area contributed by atoms with E-state index in [1.807, 2.05) is 18.3 Å². The van der Waals surface area contributed by atoms with Crippen LogP contribution >= 0.6 is 27.5 Å². The maximum Gasteiger partial charge on any atom is 0.156 e. The van der Waals surface area contributed by atoms with Crippen molar-refractivity contribution in [1.82, 2.24) is 9.38 Å². The van der Waals surface area contributed by atoms with E-state index in [0.29, 0.717) is 5.02 Å². The Morgan fingerprint density at radius 3 is 3.06 bits per heavy atom. The summed E-state index contributed by atoms with van der Waals surface area (Å²) in [7, 11) is 0. The molecule has 2 nitrogen and oxygen atoms in total. The van der Waals surface area contributed by atoms with Crippen LogP contribution in [0.4, 0.5) is 0 Å². The molecule has 0 fully saturated rings. The zero-order valence-corrected chi connectivity index (χ0v) is 11.7. The largest absolute Gasteiger partial charge is 0.298 e. The van der Waals surface area contributed by atoms with Crippen molar-refractivity contribution in [1.29, 1.82) is 0 Å². The van der Waals surface area contributed by atoms with Crippen molar-refractivity contribution >= 4 is 33.2 Å². The highest BCUT2D eigenvalue weighted by Crippen LogP contribution is 2.38. The first-order valence-electron chi connectivity index (χ1n) is 5.68. The van der Waals surface area contributed by atoms with Crippen LogP contribution in [0, 0.1) is 0 Å². The van der Waals surface area contributed by atoms with E-state index in [9.17, 15) is 0 Å². The molecule has 4 rings (SSSR count). The van der Waals surface area contributed by atoms with E-state index in [1.54, 1.807) is 0 Å². The van der Waals surface area contributed by atoms with Gasteiger partial charge in [0, 0.05) is 22.7 Å². The molecule has 0 bridgehead atoms. The molecule has 0 aliphatic heterocycles. The smallest absolute Gasteiger partial charge is 0.156 e. The molecule has 0 atom stereocenters. The predicted molar refractivity (Wildman–Crippen MR) is 76.1 cm³/mol. The fraction of sp³-hybridized carbons (Fsp3) is 0.0714. The highest BCUT2D eigenvalue weighted by molar-refractivity contribution is 9.10. The number of benzene rings is 1. The molecule has 0 amide bonds. The van der Waals surface area contributed by atoms with Gasteiger partial charge in [0.1, 0.15) is 0 Å². The Labute approximate surface area is 117 Å². The third-order valence-corrected chi connectivity index (χ3v) is 4.14. The first-order valence-corrected chi connectivity index (χ1v) is 6.85. The van der Waals surface area contributed by atoms with E-state index in [0.717, 1.165) is 22.2 Å². The molecule has 0 spiro atoms. The van der Waals surface area contributed by atoms with Gasteiger partial charge in [-0.25, -0.2) is 4.98 Å². The first kappa shape index (κ1) is 10.6. The van der Waals surface area contributed by atoms with Crippen LogP contribution in [0.3, 0.4) is 0 Å². The maximum atomic E-state index is 6.18. The van der Waals surface area contributed by atoms with Crippen LogP contribution in [0.15, 0.2) is 41.0 Å². The molecule has 0 N–H and O–H groups in total. The van der Waals surface area contributed by atoms with Gasteiger partial charge in [-0.15, -0.1) is 0 Å². The van der Waals surface area contributed by atoms with Crippen LogP contribution < -0.4 is 0 Å². The third-order valence-electron chi connectivity index (χ3n) is 3.35. The Morgan fingerprint density at radius 2 is 2.17 bits per heavy atom. The standard InChI is InChI=1S/C14H8BrClN2/c15-9-3-4-10-8(6-9)7-12-13(10)18-5-1-2-11(16)14(18)17-12/h1-6H,7H2. The monoisotopic (exact) mass is 318 g/mol. The van der Waals surface area contributed by atoms with Crippen LogP contribution in [-0.4, -0.2) is 9.38 Å². The van der Waals surface area contributed by atoms with Gasteiger partial charge in [-0.05, 0) is 29.8 Å². The first-order chi connectivity index (χ1) is 8.74. The highest BCUT2D eigenvalue weighted by atomic mass is 79.9. The number of nitrogens with zero attached hydrogens (tertiary/aromatic N) is 2. The van der Waals surface area contributed by atoms with E-state index in [-0.39, 0.29) is 0 Å². The van der Waals surface area contributed by atoms with Crippen molar-refractivity contribution in [3.63, 3.8) is 0 Å². The van der Waals surface area contributed by atoms with Gasteiger partial charge >= 0.3 is 0 Å². The minimum absolute atomic E-state index is 0.700. The third kappa shape index (κ3) is 1.32. The van der Waals surface area contributed by atoms with Crippen molar-refractivity contribution in [3.05, 3.63) is 57.3 Å². The van der Waals surface area contributed by atoms with E-state index >= 15 is 0 Å². The number of pyridine rings is 1. The molecule has 1 aliphatic carbocycles. The van der Waals surface area contributed by atoms with E-state index in [4.69, 9.17) is 11.6 Å². The average molecular weight is 320 g/mol. The Bertz CT molecular complexity index is 792. The summed E-state index contributed by atoms with van der Waals surface area (Å²) < 4.78 is 3.19. The molecule has 2 aromatic heterocycles. The van der Waals surface area contributed by atoms with Gasteiger partial charge < -0.3 is 0 Å². The number of halogens is 2. The topological polar surface area (TPSA) is 17.3 Å². The minimum atomic E-state index is 0.700. The molecule has 18 heavy (non-hydrogen) atoms. The van der Waals surface area contributed by atoms with Gasteiger partial charge in [0.05, 0.1) is 16.4 Å². The fourth-order valence-corrected chi connectivity index (χ4v) is 3.22. The summed E-state index contributed by atoms with van der Waals surface area (Å²) in [5.74, 6) is 0. The molecule has 0 saturated carbocycles. The quantitative estimate of drug-likeness (QED) is 0.472. The molecular formula is C14H8BrClN2. The number of imidazole rings is 1. The highest BCUT2D eigenvalue weighted by Gasteiger charge is 2.24. The molecule has 88 valence electrons. The van der Waals surface area contributed by atoms with Gasteiger partial charge in [0.15, 0.2) is 5.65 Å². The Morgan fingerprint density at radius 1 is 1.28 bits per heavy atom. The van der Waals surface area contributed by atoms with E-state index in [1.165, 1.54) is 16.8 Å². The number of hydrogen-bond donors (Lipinski definition) is 0. The summed E-state index contributed by atoms with van der Waals surface area (Å²) in [4.78, 5) is 4.65. The molecule has 0 unspecified atom stereocenters. The van der Waals surface area contributed by atoms with Crippen molar-refractivity contribution in [3.8, 4) is 11.3 Å². The van der Waals surface area contributed by atoms with Crippen molar-refractivity contribution in [2.24, 2.45) is 0 Å². The van der Waals surface area contributed by atoms with Crippen LogP contribution in [0.2, 0.25) is 5.02 Å². The van der Waals surface area contributed by atoms with Crippen LogP contribution in [0.5, 0.6) is 0 Å². The Kier molecular flexibility index (Phi) is 2.11. The predicted octanol–water partition coefficient (Wildman–Crippen LogP) is 4.32. The molecule has 4 heteroatoms.